The standard InChI is InChI=1S/C23H23N3O4S/c1-16-10-12-20(13-11-16)26(3)31(29,30)21-9-5-7-18(15-21)23(28)25-19-8-4-6-17(14-19)22(27)24-2/h4-15H,1-3H3,(H,24,27)(H,25,28). The van der Waals surface area contributed by atoms with Gasteiger partial charge in [-0.15, -0.1) is 0 Å². The molecule has 3 aromatic carbocycles. The molecule has 160 valence electrons. The molecule has 0 aliphatic rings. The quantitative estimate of drug-likeness (QED) is 0.618. The largest absolute Gasteiger partial charge is 0.355 e. The van der Waals surface area contributed by atoms with E-state index in [-0.39, 0.29) is 16.4 Å². The van der Waals surface area contributed by atoms with E-state index in [1.54, 1.807) is 36.4 Å². The number of hydrogen-bond donors (Lipinski definition) is 2. The van der Waals surface area contributed by atoms with Gasteiger partial charge in [-0.25, -0.2) is 8.42 Å². The van der Waals surface area contributed by atoms with Gasteiger partial charge >= 0.3 is 0 Å². The molecule has 3 aromatic rings. The van der Waals surface area contributed by atoms with Gasteiger partial charge in [-0.1, -0.05) is 29.8 Å². The number of amides is 2. The third-order valence-electron chi connectivity index (χ3n) is 4.76. The van der Waals surface area contributed by atoms with Gasteiger partial charge < -0.3 is 10.6 Å². The second-order valence-corrected chi connectivity index (χ2v) is 8.92. The van der Waals surface area contributed by atoms with E-state index < -0.39 is 15.9 Å². The van der Waals surface area contributed by atoms with Gasteiger partial charge in [0.2, 0.25) is 0 Å². The molecule has 3 rings (SSSR count). The Morgan fingerprint density at radius 1 is 0.839 bits per heavy atom. The Hall–Kier alpha value is -3.65. The van der Waals surface area contributed by atoms with Gasteiger partial charge in [0, 0.05) is 30.9 Å². The molecule has 7 nitrogen and oxygen atoms in total. The van der Waals surface area contributed by atoms with Gasteiger partial charge in [0.1, 0.15) is 0 Å². The molecule has 0 aliphatic heterocycles. The Morgan fingerprint density at radius 3 is 2.10 bits per heavy atom. The maximum atomic E-state index is 13.1. The van der Waals surface area contributed by atoms with Crippen LogP contribution in [0.2, 0.25) is 0 Å². The number of carbonyl (C=O) groups is 2. The van der Waals surface area contributed by atoms with Gasteiger partial charge in [0.05, 0.1) is 10.6 Å². The fraction of sp³-hybridized carbons (Fsp3) is 0.130. The molecule has 0 heterocycles. The average Bonchev–Trinajstić information content (AvgIpc) is 2.78. The summed E-state index contributed by atoms with van der Waals surface area (Å²) in [5.41, 5.74) is 2.55. The van der Waals surface area contributed by atoms with Crippen molar-refractivity contribution in [2.75, 3.05) is 23.7 Å². The van der Waals surface area contributed by atoms with Crippen molar-refractivity contribution in [1.82, 2.24) is 5.32 Å². The predicted octanol–water partition coefficient (Wildman–Crippen LogP) is 3.43. The van der Waals surface area contributed by atoms with E-state index in [0.29, 0.717) is 16.9 Å². The zero-order valence-corrected chi connectivity index (χ0v) is 18.2. The van der Waals surface area contributed by atoms with Crippen LogP contribution < -0.4 is 14.9 Å². The smallest absolute Gasteiger partial charge is 0.264 e. The Morgan fingerprint density at radius 2 is 1.45 bits per heavy atom. The highest BCUT2D eigenvalue weighted by Gasteiger charge is 2.22. The molecule has 0 saturated heterocycles. The van der Waals surface area contributed by atoms with Gasteiger partial charge in [0.15, 0.2) is 0 Å². The van der Waals surface area contributed by atoms with E-state index in [1.807, 2.05) is 19.1 Å². The van der Waals surface area contributed by atoms with Crippen LogP contribution in [0, 0.1) is 6.92 Å². The third kappa shape index (κ3) is 4.92. The number of benzene rings is 3. The van der Waals surface area contributed by atoms with E-state index in [1.165, 1.54) is 42.7 Å². The van der Waals surface area contributed by atoms with Crippen molar-refractivity contribution in [3.8, 4) is 0 Å². The van der Waals surface area contributed by atoms with Crippen molar-refractivity contribution in [3.05, 3.63) is 89.5 Å². The topological polar surface area (TPSA) is 95.6 Å². The third-order valence-corrected chi connectivity index (χ3v) is 6.54. The fourth-order valence-electron chi connectivity index (χ4n) is 2.94. The molecular formula is C23H23N3O4S. The van der Waals surface area contributed by atoms with Gasteiger partial charge in [-0.2, -0.15) is 0 Å². The molecule has 0 aliphatic carbocycles. The van der Waals surface area contributed by atoms with Crippen molar-refractivity contribution in [2.45, 2.75) is 11.8 Å². The minimum absolute atomic E-state index is 0.00216. The first-order chi connectivity index (χ1) is 14.7. The highest BCUT2D eigenvalue weighted by molar-refractivity contribution is 7.92. The van der Waals surface area contributed by atoms with Gasteiger partial charge in [-0.05, 0) is 55.5 Å². The number of sulfonamides is 1. The van der Waals surface area contributed by atoms with Crippen molar-refractivity contribution >= 4 is 33.2 Å². The average molecular weight is 438 g/mol. The number of carbonyl (C=O) groups excluding carboxylic acids is 2. The first-order valence-electron chi connectivity index (χ1n) is 9.51. The SMILES string of the molecule is CNC(=O)c1cccc(NC(=O)c2cccc(S(=O)(=O)N(C)c3ccc(C)cc3)c2)c1. The summed E-state index contributed by atoms with van der Waals surface area (Å²) < 4.78 is 27.3. The molecule has 0 bridgehead atoms. The molecule has 0 unspecified atom stereocenters. The molecule has 0 radical (unpaired) electrons. The monoisotopic (exact) mass is 437 g/mol. The lowest BCUT2D eigenvalue weighted by Gasteiger charge is -2.20. The van der Waals surface area contributed by atoms with E-state index in [0.717, 1.165) is 5.56 Å². The van der Waals surface area contributed by atoms with Crippen LogP contribution in [-0.4, -0.2) is 34.3 Å². The highest BCUT2D eigenvalue weighted by atomic mass is 32.2. The molecular weight excluding hydrogens is 414 g/mol. The predicted molar refractivity (Wildman–Crippen MR) is 121 cm³/mol. The van der Waals surface area contributed by atoms with E-state index in [4.69, 9.17) is 0 Å². The minimum atomic E-state index is -3.85. The number of aryl methyl sites for hydroxylation is 1. The van der Waals surface area contributed by atoms with Crippen LogP contribution >= 0.6 is 0 Å². The number of anilines is 2. The van der Waals surface area contributed by atoms with E-state index in [2.05, 4.69) is 10.6 Å². The van der Waals surface area contributed by atoms with Crippen molar-refractivity contribution in [1.29, 1.82) is 0 Å². The Kier molecular flexibility index (Phi) is 6.41. The number of hydrogen-bond acceptors (Lipinski definition) is 4. The zero-order chi connectivity index (χ0) is 22.6. The highest BCUT2D eigenvalue weighted by Crippen LogP contribution is 2.23. The second-order valence-electron chi connectivity index (χ2n) is 6.95. The fourth-order valence-corrected chi connectivity index (χ4v) is 4.18. The van der Waals surface area contributed by atoms with Crippen LogP contribution in [0.15, 0.2) is 77.7 Å². The van der Waals surface area contributed by atoms with Crippen LogP contribution in [0.3, 0.4) is 0 Å². The summed E-state index contributed by atoms with van der Waals surface area (Å²) in [4.78, 5) is 24.5. The van der Waals surface area contributed by atoms with Crippen molar-refractivity contribution < 1.29 is 18.0 Å². The summed E-state index contributed by atoms with van der Waals surface area (Å²) >= 11 is 0. The van der Waals surface area contributed by atoms with Gasteiger partial charge in [0.25, 0.3) is 21.8 Å². The van der Waals surface area contributed by atoms with Crippen LogP contribution in [0.4, 0.5) is 11.4 Å². The Bertz CT molecular complexity index is 1220. The number of nitrogens with zero attached hydrogens (tertiary/aromatic N) is 1. The lowest BCUT2D eigenvalue weighted by molar-refractivity contribution is 0.0961. The van der Waals surface area contributed by atoms with E-state index in [9.17, 15) is 18.0 Å². The maximum Gasteiger partial charge on any atom is 0.264 e. The maximum absolute atomic E-state index is 13.1. The van der Waals surface area contributed by atoms with E-state index >= 15 is 0 Å². The Balaban J connectivity index is 1.84. The van der Waals surface area contributed by atoms with Crippen LogP contribution in [0.25, 0.3) is 0 Å². The van der Waals surface area contributed by atoms with Crippen LogP contribution in [0.1, 0.15) is 26.3 Å². The number of nitrogens with one attached hydrogen (secondary N) is 2. The normalized spacial score (nSPS) is 10.9. The summed E-state index contributed by atoms with van der Waals surface area (Å²) in [5.74, 6) is -0.757. The summed E-state index contributed by atoms with van der Waals surface area (Å²) in [6.45, 7) is 1.92. The summed E-state index contributed by atoms with van der Waals surface area (Å²) in [5, 5.41) is 5.22. The first-order valence-corrected chi connectivity index (χ1v) is 11.0. The summed E-state index contributed by atoms with van der Waals surface area (Å²) in [6.07, 6.45) is 0. The number of rotatable bonds is 6. The zero-order valence-electron chi connectivity index (χ0n) is 17.4. The van der Waals surface area contributed by atoms with Crippen molar-refractivity contribution in [3.63, 3.8) is 0 Å². The summed E-state index contributed by atoms with van der Waals surface area (Å²) in [7, 11) is -0.864. The molecule has 0 aromatic heterocycles. The molecule has 2 amide bonds. The first kappa shape index (κ1) is 22.0. The minimum Gasteiger partial charge on any atom is -0.355 e. The molecule has 0 spiro atoms. The molecule has 31 heavy (non-hydrogen) atoms. The molecule has 0 atom stereocenters. The lowest BCUT2D eigenvalue weighted by Crippen LogP contribution is -2.26. The summed E-state index contributed by atoms with van der Waals surface area (Å²) in [6, 6.07) is 19.4. The second kappa shape index (κ2) is 9.01. The van der Waals surface area contributed by atoms with Crippen LogP contribution in [-0.2, 0) is 10.0 Å². The van der Waals surface area contributed by atoms with Crippen LogP contribution in [0.5, 0.6) is 0 Å². The Labute approximate surface area is 181 Å². The molecule has 8 heteroatoms. The van der Waals surface area contributed by atoms with Crippen molar-refractivity contribution in [2.24, 2.45) is 0 Å². The molecule has 0 fully saturated rings. The van der Waals surface area contributed by atoms with Gasteiger partial charge in [-0.3, -0.25) is 13.9 Å². The lowest BCUT2D eigenvalue weighted by atomic mass is 10.1. The molecule has 2 N–H and O–H groups in total. The molecule has 0 saturated carbocycles.